The third-order valence-corrected chi connectivity index (χ3v) is 4.54. The molecule has 0 unspecified atom stereocenters. The molecule has 0 saturated heterocycles. The molecule has 0 atom stereocenters. The van der Waals surface area contributed by atoms with Gasteiger partial charge in [0, 0.05) is 11.8 Å². The molecule has 146 valence electrons. The minimum atomic E-state index is -0.396. The van der Waals surface area contributed by atoms with Crippen molar-refractivity contribution < 1.29 is 18.7 Å². The molecule has 0 bridgehead atoms. The Labute approximate surface area is 168 Å². The fourth-order valence-electron chi connectivity index (χ4n) is 3.24. The van der Waals surface area contributed by atoms with Crippen molar-refractivity contribution in [3.63, 3.8) is 0 Å². The average Bonchev–Trinajstić information content (AvgIpc) is 3.32. The Kier molecular flexibility index (Phi) is 5.16. The van der Waals surface area contributed by atoms with Crippen LogP contribution < -0.4 is 10.1 Å². The monoisotopic (exact) mass is 388 g/mol. The van der Waals surface area contributed by atoms with E-state index in [4.69, 9.17) is 9.15 Å². The minimum absolute atomic E-state index is 0.0746. The Morgan fingerprint density at radius 1 is 0.966 bits per heavy atom. The number of carbonyl (C=O) groups excluding carboxylic acids is 2. The number of hydrogen-bond acceptors (Lipinski definition) is 5. The van der Waals surface area contributed by atoms with Crippen molar-refractivity contribution in [1.82, 2.24) is 4.90 Å². The van der Waals surface area contributed by atoms with Gasteiger partial charge < -0.3 is 14.5 Å². The van der Waals surface area contributed by atoms with E-state index in [1.807, 2.05) is 55.5 Å². The maximum Gasteiger partial charge on any atom is 0.278 e. The van der Waals surface area contributed by atoms with E-state index in [9.17, 15) is 9.59 Å². The summed E-state index contributed by atoms with van der Waals surface area (Å²) in [5, 5.41) is 3.13. The molecule has 1 aliphatic heterocycles. The van der Waals surface area contributed by atoms with E-state index in [2.05, 4.69) is 5.32 Å². The second-order valence-electron chi connectivity index (χ2n) is 6.48. The van der Waals surface area contributed by atoms with Crippen molar-refractivity contribution in [3.8, 4) is 5.75 Å². The number of rotatable bonds is 7. The van der Waals surface area contributed by atoms with Crippen LogP contribution in [0.25, 0.3) is 5.57 Å². The molecule has 0 aliphatic carbocycles. The molecule has 0 saturated carbocycles. The van der Waals surface area contributed by atoms with Crippen molar-refractivity contribution in [2.75, 3.05) is 11.9 Å². The van der Waals surface area contributed by atoms with Gasteiger partial charge in [-0.25, -0.2) is 0 Å². The highest BCUT2D eigenvalue weighted by molar-refractivity contribution is 6.36. The van der Waals surface area contributed by atoms with Crippen LogP contribution in [0.2, 0.25) is 0 Å². The first kappa shape index (κ1) is 18.6. The zero-order valence-corrected chi connectivity index (χ0v) is 15.9. The van der Waals surface area contributed by atoms with E-state index in [1.54, 1.807) is 18.2 Å². The Bertz CT molecular complexity index is 1060. The molecule has 1 N–H and O–H groups in total. The lowest BCUT2D eigenvalue weighted by Crippen LogP contribution is -2.31. The van der Waals surface area contributed by atoms with Gasteiger partial charge >= 0.3 is 0 Å². The number of nitrogens with zero attached hydrogens (tertiary/aromatic N) is 1. The lowest BCUT2D eigenvalue weighted by atomic mass is 10.0. The normalized spacial score (nSPS) is 13.9. The fraction of sp³-hybridized carbons (Fsp3) is 0.130. The highest BCUT2D eigenvalue weighted by atomic mass is 16.5. The van der Waals surface area contributed by atoms with Gasteiger partial charge in [-0.3, -0.25) is 14.5 Å². The summed E-state index contributed by atoms with van der Waals surface area (Å²) in [6.45, 7) is 2.52. The molecule has 3 aromatic rings. The average molecular weight is 388 g/mol. The van der Waals surface area contributed by atoms with Crippen LogP contribution in [0, 0.1) is 0 Å². The maximum absolute atomic E-state index is 13.2. The first-order valence-electron chi connectivity index (χ1n) is 9.35. The number of amides is 2. The van der Waals surface area contributed by atoms with Gasteiger partial charge in [-0.15, -0.1) is 0 Å². The van der Waals surface area contributed by atoms with Gasteiger partial charge in [-0.1, -0.05) is 36.4 Å². The minimum Gasteiger partial charge on any atom is -0.494 e. The Morgan fingerprint density at radius 2 is 1.79 bits per heavy atom. The molecule has 2 heterocycles. The van der Waals surface area contributed by atoms with Crippen LogP contribution in [0.5, 0.6) is 5.75 Å². The highest BCUT2D eigenvalue weighted by Crippen LogP contribution is 2.32. The second-order valence-corrected chi connectivity index (χ2v) is 6.48. The van der Waals surface area contributed by atoms with E-state index in [1.165, 1.54) is 11.2 Å². The van der Waals surface area contributed by atoms with Crippen molar-refractivity contribution in [1.29, 1.82) is 0 Å². The van der Waals surface area contributed by atoms with Crippen molar-refractivity contribution in [2.24, 2.45) is 0 Å². The van der Waals surface area contributed by atoms with Gasteiger partial charge in [0.15, 0.2) is 0 Å². The molecule has 2 amide bonds. The number of carbonyl (C=O) groups is 2. The standard InChI is InChI=1S/C23H20N2O4/c1-2-28-18-11-6-10-17(14-18)24-21-20(16-8-4-3-5-9-16)22(26)25(23(21)27)15-19-12-7-13-29-19/h3-14,24H,2,15H2,1H3. The molecule has 6 heteroatoms. The molecule has 29 heavy (non-hydrogen) atoms. The summed E-state index contributed by atoms with van der Waals surface area (Å²) in [6.07, 6.45) is 1.52. The number of nitrogens with one attached hydrogen (secondary N) is 1. The Balaban J connectivity index is 1.71. The SMILES string of the molecule is CCOc1cccc(NC2=C(c3ccccc3)C(=O)N(Cc3ccco3)C2=O)c1. The topological polar surface area (TPSA) is 71.8 Å². The van der Waals surface area contributed by atoms with Crippen LogP contribution >= 0.6 is 0 Å². The Hall–Kier alpha value is -3.80. The van der Waals surface area contributed by atoms with E-state index in [0.29, 0.717) is 34.9 Å². The zero-order chi connectivity index (χ0) is 20.2. The summed E-state index contributed by atoms with van der Waals surface area (Å²) in [7, 11) is 0. The molecule has 4 rings (SSSR count). The molecular formula is C23H20N2O4. The maximum atomic E-state index is 13.2. The lowest BCUT2D eigenvalue weighted by Gasteiger charge is -2.14. The van der Waals surface area contributed by atoms with E-state index in [0.717, 1.165) is 0 Å². The molecule has 6 nitrogen and oxygen atoms in total. The van der Waals surface area contributed by atoms with Gasteiger partial charge in [-0.05, 0) is 36.8 Å². The zero-order valence-electron chi connectivity index (χ0n) is 15.9. The van der Waals surface area contributed by atoms with Crippen molar-refractivity contribution in [2.45, 2.75) is 13.5 Å². The summed E-state index contributed by atoms with van der Waals surface area (Å²) in [4.78, 5) is 27.5. The first-order valence-corrected chi connectivity index (χ1v) is 9.35. The molecule has 0 radical (unpaired) electrons. The third-order valence-electron chi connectivity index (χ3n) is 4.54. The molecule has 1 aliphatic rings. The van der Waals surface area contributed by atoms with Gasteiger partial charge in [0.2, 0.25) is 0 Å². The quantitative estimate of drug-likeness (QED) is 0.618. The van der Waals surface area contributed by atoms with Crippen molar-refractivity contribution >= 4 is 23.1 Å². The van der Waals surface area contributed by atoms with E-state index >= 15 is 0 Å². The van der Waals surface area contributed by atoms with Crippen LogP contribution in [0.15, 0.2) is 83.1 Å². The summed E-state index contributed by atoms with van der Waals surface area (Å²) >= 11 is 0. The number of imide groups is 1. The van der Waals surface area contributed by atoms with Gasteiger partial charge in [-0.2, -0.15) is 0 Å². The van der Waals surface area contributed by atoms with Crippen LogP contribution in [-0.2, 0) is 16.1 Å². The van der Waals surface area contributed by atoms with Gasteiger partial charge in [0.25, 0.3) is 11.8 Å². The van der Waals surface area contributed by atoms with Crippen LogP contribution in [0.4, 0.5) is 5.69 Å². The van der Waals surface area contributed by atoms with Crippen LogP contribution in [-0.4, -0.2) is 23.3 Å². The smallest absolute Gasteiger partial charge is 0.278 e. The molecule has 0 spiro atoms. The molecule has 0 fully saturated rings. The summed E-state index contributed by atoms with van der Waals surface area (Å²) < 4.78 is 10.9. The van der Waals surface area contributed by atoms with Crippen LogP contribution in [0.1, 0.15) is 18.2 Å². The lowest BCUT2D eigenvalue weighted by molar-refractivity contribution is -0.137. The summed E-state index contributed by atoms with van der Waals surface area (Å²) in [5.41, 5.74) is 1.92. The van der Waals surface area contributed by atoms with Crippen LogP contribution in [0.3, 0.4) is 0 Å². The first-order chi connectivity index (χ1) is 14.2. The van der Waals surface area contributed by atoms with Gasteiger partial charge in [0.1, 0.15) is 17.2 Å². The molecule has 2 aromatic carbocycles. The number of furan rings is 1. The largest absolute Gasteiger partial charge is 0.494 e. The predicted molar refractivity (Wildman–Crippen MR) is 109 cm³/mol. The van der Waals surface area contributed by atoms with E-state index in [-0.39, 0.29) is 18.1 Å². The van der Waals surface area contributed by atoms with E-state index < -0.39 is 5.91 Å². The summed E-state index contributed by atoms with van der Waals surface area (Å²) in [6, 6.07) is 19.9. The number of ether oxygens (including phenoxy) is 1. The van der Waals surface area contributed by atoms with Gasteiger partial charge in [0.05, 0.1) is 25.0 Å². The number of anilines is 1. The molecule has 1 aromatic heterocycles. The fourth-order valence-corrected chi connectivity index (χ4v) is 3.24. The number of benzene rings is 2. The highest BCUT2D eigenvalue weighted by Gasteiger charge is 2.39. The predicted octanol–water partition coefficient (Wildman–Crippen LogP) is 4.07. The number of hydrogen-bond donors (Lipinski definition) is 1. The van der Waals surface area contributed by atoms with Crippen molar-refractivity contribution in [3.05, 3.63) is 90.0 Å². The third kappa shape index (κ3) is 3.78. The summed E-state index contributed by atoms with van der Waals surface area (Å²) in [5.74, 6) is 0.468. The molecular weight excluding hydrogens is 368 g/mol. The Morgan fingerprint density at radius 3 is 2.52 bits per heavy atom. The second kappa shape index (κ2) is 8.06.